The van der Waals surface area contributed by atoms with Gasteiger partial charge in [0.15, 0.2) is 0 Å². The average molecular weight is 267 g/mol. The number of carbonyl (C=O) groups excluding carboxylic acids is 2. The lowest BCUT2D eigenvalue weighted by Crippen LogP contribution is -2.49. The van der Waals surface area contributed by atoms with Crippen LogP contribution in [-0.2, 0) is 9.59 Å². The van der Waals surface area contributed by atoms with E-state index >= 15 is 0 Å². The van der Waals surface area contributed by atoms with Crippen LogP contribution in [0.2, 0.25) is 0 Å². The number of nitrogens with one attached hydrogen (secondary N) is 2. The van der Waals surface area contributed by atoms with E-state index in [-0.39, 0.29) is 23.7 Å². The molecule has 0 aromatic rings. The summed E-state index contributed by atoms with van der Waals surface area (Å²) in [5, 5.41) is 5.75. The molecular formula is C14H25N3O2. The lowest BCUT2D eigenvalue weighted by Gasteiger charge is -2.30. The highest BCUT2D eigenvalue weighted by molar-refractivity contribution is 5.88. The molecule has 4 N–H and O–H groups in total. The van der Waals surface area contributed by atoms with Crippen molar-refractivity contribution in [2.75, 3.05) is 6.54 Å². The topological polar surface area (TPSA) is 84.2 Å². The Labute approximate surface area is 114 Å². The van der Waals surface area contributed by atoms with Gasteiger partial charge in [0, 0.05) is 12.0 Å². The first-order valence-corrected chi connectivity index (χ1v) is 7.42. The van der Waals surface area contributed by atoms with E-state index in [9.17, 15) is 9.59 Å². The summed E-state index contributed by atoms with van der Waals surface area (Å²) in [6, 6.07) is -0.119. The molecule has 2 saturated carbocycles. The monoisotopic (exact) mass is 267 g/mol. The maximum Gasteiger partial charge on any atom is 0.242 e. The van der Waals surface area contributed by atoms with E-state index < -0.39 is 6.04 Å². The van der Waals surface area contributed by atoms with Crippen LogP contribution in [0.15, 0.2) is 0 Å². The standard InChI is InChI=1S/C14H25N3O2/c1-9(13(18)17-11-6-7-11)16-14(19)12-5-3-2-4-10(12)8-15/h9-12H,2-8,15H2,1H3,(H,16,19)(H,17,18). The number of carbonyl (C=O) groups is 2. The van der Waals surface area contributed by atoms with Crippen LogP contribution in [0.3, 0.4) is 0 Å². The van der Waals surface area contributed by atoms with E-state index in [1.165, 1.54) is 0 Å². The molecule has 2 aliphatic rings. The zero-order valence-electron chi connectivity index (χ0n) is 11.7. The molecule has 0 aromatic carbocycles. The fourth-order valence-electron chi connectivity index (χ4n) is 2.77. The lowest BCUT2D eigenvalue weighted by atomic mass is 9.78. The van der Waals surface area contributed by atoms with Crippen molar-refractivity contribution in [1.82, 2.24) is 10.6 Å². The van der Waals surface area contributed by atoms with E-state index in [0.717, 1.165) is 38.5 Å². The van der Waals surface area contributed by atoms with E-state index in [0.29, 0.717) is 12.6 Å². The highest BCUT2D eigenvalue weighted by atomic mass is 16.2. The maximum atomic E-state index is 12.2. The van der Waals surface area contributed by atoms with Gasteiger partial charge < -0.3 is 16.4 Å². The van der Waals surface area contributed by atoms with Gasteiger partial charge in [-0.3, -0.25) is 9.59 Å². The third kappa shape index (κ3) is 3.93. The van der Waals surface area contributed by atoms with Gasteiger partial charge in [0.25, 0.3) is 0 Å². The van der Waals surface area contributed by atoms with Crippen LogP contribution in [0.1, 0.15) is 45.4 Å². The van der Waals surface area contributed by atoms with Crippen molar-refractivity contribution in [3.63, 3.8) is 0 Å². The zero-order valence-corrected chi connectivity index (χ0v) is 11.7. The fourth-order valence-corrected chi connectivity index (χ4v) is 2.77. The number of hydrogen-bond donors (Lipinski definition) is 3. The SMILES string of the molecule is CC(NC(=O)C1CCCCC1CN)C(=O)NC1CC1. The van der Waals surface area contributed by atoms with Crippen molar-refractivity contribution in [3.05, 3.63) is 0 Å². The molecule has 3 atom stereocenters. The molecule has 0 aromatic heterocycles. The number of amides is 2. The Balaban J connectivity index is 1.82. The Kier molecular flexibility index (Phi) is 4.80. The van der Waals surface area contributed by atoms with Gasteiger partial charge in [-0.2, -0.15) is 0 Å². The quantitative estimate of drug-likeness (QED) is 0.679. The van der Waals surface area contributed by atoms with E-state index in [4.69, 9.17) is 5.73 Å². The average Bonchev–Trinajstić information content (AvgIpc) is 3.22. The lowest BCUT2D eigenvalue weighted by molar-refractivity contribution is -0.132. The van der Waals surface area contributed by atoms with Crippen LogP contribution in [-0.4, -0.2) is 30.4 Å². The Morgan fingerprint density at radius 3 is 2.53 bits per heavy atom. The first kappa shape index (κ1) is 14.3. The summed E-state index contributed by atoms with van der Waals surface area (Å²) in [6.07, 6.45) is 6.27. The molecule has 108 valence electrons. The summed E-state index contributed by atoms with van der Waals surface area (Å²) in [6.45, 7) is 2.30. The van der Waals surface area contributed by atoms with Gasteiger partial charge in [-0.1, -0.05) is 12.8 Å². The van der Waals surface area contributed by atoms with Gasteiger partial charge >= 0.3 is 0 Å². The molecule has 0 spiro atoms. The second-order valence-corrected chi connectivity index (χ2v) is 5.90. The van der Waals surface area contributed by atoms with E-state index in [1.807, 2.05) is 0 Å². The highest BCUT2D eigenvalue weighted by Crippen LogP contribution is 2.29. The van der Waals surface area contributed by atoms with Crippen LogP contribution < -0.4 is 16.4 Å². The smallest absolute Gasteiger partial charge is 0.242 e. The number of hydrogen-bond acceptors (Lipinski definition) is 3. The summed E-state index contributed by atoms with van der Waals surface area (Å²) >= 11 is 0. The first-order valence-electron chi connectivity index (χ1n) is 7.42. The number of rotatable bonds is 5. The zero-order chi connectivity index (χ0) is 13.8. The molecule has 2 amide bonds. The Hall–Kier alpha value is -1.10. The van der Waals surface area contributed by atoms with E-state index in [2.05, 4.69) is 10.6 Å². The second-order valence-electron chi connectivity index (χ2n) is 5.90. The predicted octanol–water partition coefficient (Wildman–Crippen LogP) is 0.535. The van der Waals surface area contributed by atoms with E-state index in [1.54, 1.807) is 6.92 Å². The molecule has 2 fully saturated rings. The molecule has 2 rings (SSSR count). The van der Waals surface area contributed by atoms with Crippen LogP contribution in [0.5, 0.6) is 0 Å². The third-order valence-corrected chi connectivity index (χ3v) is 4.22. The molecule has 3 unspecified atom stereocenters. The van der Waals surface area contributed by atoms with Crippen LogP contribution in [0.25, 0.3) is 0 Å². The minimum atomic E-state index is -0.451. The molecule has 0 radical (unpaired) electrons. The fraction of sp³-hybridized carbons (Fsp3) is 0.857. The van der Waals surface area contributed by atoms with Gasteiger partial charge in [0.1, 0.15) is 6.04 Å². The molecule has 19 heavy (non-hydrogen) atoms. The summed E-state index contributed by atoms with van der Waals surface area (Å²) in [5.41, 5.74) is 5.74. The van der Waals surface area contributed by atoms with Gasteiger partial charge in [-0.25, -0.2) is 0 Å². The van der Waals surface area contributed by atoms with Gasteiger partial charge in [-0.15, -0.1) is 0 Å². The second kappa shape index (κ2) is 6.37. The predicted molar refractivity (Wildman–Crippen MR) is 73.3 cm³/mol. The Morgan fingerprint density at radius 2 is 1.89 bits per heavy atom. The van der Waals surface area contributed by atoms with Crippen molar-refractivity contribution < 1.29 is 9.59 Å². The van der Waals surface area contributed by atoms with Crippen LogP contribution in [0, 0.1) is 11.8 Å². The molecule has 0 heterocycles. The van der Waals surface area contributed by atoms with Gasteiger partial charge in [-0.05, 0) is 45.1 Å². The maximum absolute atomic E-state index is 12.2. The Bertz CT molecular complexity index is 342. The van der Waals surface area contributed by atoms with Crippen molar-refractivity contribution in [1.29, 1.82) is 0 Å². The van der Waals surface area contributed by atoms with Crippen molar-refractivity contribution in [3.8, 4) is 0 Å². The summed E-state index contributed by atoms with van der Waals surface area (Å²) in [4.78, 5) is 24.0. The molecule has 0 bridgehead atoms. The Morgan fingerprint density at radius 1 is 1.21 bits per heavy atom. The van der Waals surface area contributed by atoms with Gasteiger partial charge in [0.2, 0.25) is 11.8 Å². The molecular weight excluding hydrogens is 242 g/mol. The van der Waals surface area contributed by atoms with Crippen molar-refractivity contribution in [2.24, 2.45) is 17.6 Å². The number of nitrogens with two attached hydrogens (primary N) is 1. The molecule has 5 heteroatoms. The molecule has 2 aliphatic carbocycles. The summed E-state index contributed by atoms with van der Waals surface area (Å²) in [5.74, 6) is 0.173. The van der Waals surface area contributed by atoms with Crippen LogP contribution >= 0.6 is 0 Å². The molecule has 0 aliphatic heterocycles. The largest absolute Gasteiger partial charge is 0.352 e. The third-order valence-electron chi connectivity index (χ3n) is 4.22. The van der Waals surface area contributed by atoms with Crippen LogP contribution in [0.4, 0.5) is 0 Å². The van der Waals surface area contributed by atoms with Crippen molar-refractivity contribution >= 4 is 11.8 Å². The summed E-state index contributed by atoms with van der Waals surface area (Å²) in [7, 11) is 0. The highest BCUT2D eigenvalue weighted by Gasteiger charge is 2.32. The molecule has 5 nitrogen and oxygen atoms in total. The summed E-state index contributed by atoms with van der Waals surface area (Å²) < 4.78 is 0. The minimum Gasteiger partial charge on any atom is -0.352 e. The first-order chi connectivity index (χ1) is 9.11. The molecule has 0 saturated heterocycles. The normalized spacial score (nSPS) is 28.5. The van der Waals surface area contributed by atoms with Gasteiger partial charge in [0.05, 0.1) is 0 Å². The minimum absolute atomic E-state index is 0.00593. The van der Waals surface area contributed by atoms with Crippen molar-refractivity contribution in [2.45, 2.75) is 57.5 Å².